The zero-order valence-electron chi connectivity index (χ0n) is 17.3. The van der Waals surface area contributed by atoms with Crippen LogP contribution in [0, 0.1) is 0 Å². The van der Waals surface area contributed by atoms with Crippen molar-refractivity contribution in [3.63, 3.8) is 0 Å². The number of hydrogen-bond acceptors (Lipinski definition) is 1. The van der Waals surface area contributed by atoms with Gasteiger partial charge in [-0.1, -0.05) is 68.3 Å². The van der Waals surface area contributed by atoms with Crippen molar-refractivity contribution in [2.75, 3.05) is 0 Å². The monoisotopic (exact) mass is 546 g/mol. The maximum atomic E-state index is 11.2. The molecule has 32 heavy (non-hydrogen) atoms. The Balaban J connectivity index is 1.79. The highest BCUT2D eigenvalue weighted by atomic mass is 79.9. The number of fused-ring (bicyclic) bond motifs is 6. The zero-order valence-corrected chi connectivity index (χ0v) is 20.5. The van der Waals surface area contributed by atoms with Gasteiger partial charge in [-0.3, -0.25) is 0 Å². The van der Waals surface area contributed by atoms with Gasteiger partial charge in [-0.15, -0.1) is 0 Å². The number of benzene rings is 4. The standard InChI is InChI=1S/C27H20Br2N2O/c1-16(32)27(30-23-8-4-2-6-19(23)20-7-3-5-9-24(20)30)31-25-12-10-17(28)14-21(25)22-15-18(29)11-13-26(22)31/h2-16,27,32H,1H3. The van der Waals surface area contributed by atoms with Crippen molar-refractivity contribution in [3.05, 3.63) is 93.9 Å². The second-order valence-electron chi connectivity index (χ2n) is 8.25. The third kappa shape index (κ3) is 2.88. The predicted octanol–water partition coefficient (Wildman–Crippen LogP) is 7.86. The molecule has 0 saturated heterocycles. The summed E-state index contributed by atoms with van der Waals surface area (Å²) in [5.41, 5.74) is 4.41. The molecule has 0 bridgehead atoms. The highest BCUT2D eigenvalue weighted by molar-refractivity contribution is 9.10. The molecule has 3 nitrogen and oxygen atoms in total. The van der Waals surface area contributed by atoms with Gasteiger partial charge in [0.2, 0.25) is 0 Å². The lowest BCUT2D eigenvalue weighted by atomic mass is 10.2. The Morgan fingerprint density at radius 1 is 0.594 bits per heavy atom. The molecule has 1 N–H and O–H groups in total. The molecule has 0 radical (unpaired) electrons. The molecular formula is C27H20Br2N2O. The summed E-state index contributed by atoms with van der Waals surface area (Å²) in [4.78, 5) is 0. The van der Waals surface area contributed by atoms with Crippen molar-refractivity contribution in [3.8, 4) is 0 Å². The average molecular weight is 548 g/mol. The molecule has 2 atom stereocenters. The molecule has 4 aromatic carbocycles. The van der Waals surface area contributed by atoms with Gasteiger partial charge in [0.05, 0.1) is 28.2 Å². The molecule has 5 heteroatoms. The van der Waals surface area contributed by atoms with Crippen LogP contribution in [0.4, 0.5) is 0 Å². The van der Waals surface area contributed by atoms with Crippen molar-refractivity contribution in [1.82, 2.24) is 9.13 Å². The smallest absolute Gasteiger partial charge is 0.137 e. The van der Waals surface area contributed by atoms with Crippen LogP contribution in [-0.4, -0.2) is 20.3 Å². The molecule has 0 fully saturated rings. The minimum absolute atomic E-state index is 0.317. The van der Waals surface area contributed by atoms with Gasteiger partial charge in [0.1, 0.15) is 6.17 Å². The first-order valence-electron chi connectivity index (χ1n) is 10.6. The molecule has 6 aromatic rings. The lowest BCUT2D eigenvalue weighted by molar-refractivity contribution is 0.123. The van der Waals surface area contributed by atoms with Crippen LogP contribution in [0.15, 0.2) is 93.9 Å². The number of rotatable bonds is 3. The molecule has 0 amide bonds. The van der Waals surface area contributed by atoms with Crippen LogP contribution >= 0.6 is 31.9 Å². The van der Waals surface area contributed by atoms with Crippen LogP contribution in [0.5, 0.6) is 0 Å². The van der Waals surface area contributed by atoms with Gasteiger partial charge in [-0.05, 0) is 55.5 Å². The fourth-order valence-electron chi connectivity index (χ4n) is 5.07. The van der Waals surface area contributed by atoms with Gasteiger partial charge in [0.25, 0.3) is 0 Å². The minimum atomic E-state index is -0.625. The van der Waals surface area contributed by atoms with Gasteiger partial charge < -0.3 is 14.2 Å². The number of halogens is 2. The van der Waals surface area contributed by atoms with E-state index in [2.05, 4.69) is 126 Å². The Morgan fingerprint density at radius 3 is 1.44 bits per heavy atom. The Hall–Kier alpha value is -2.60. The van der Waals surface area contributed by atoms with Crippen LogP contribution < -0.4 is 0 Å². The van der Waals surface area contributed by atoms with Gasteiger partial charge >= 0.3 is 0 Å². The number of nitrogens with zero attached hydrogens (tertiary/aromatic N) is 2. The molecule has 0 aliphatic heterocycles. The van der Waals surface area contributed by atoms with Crippen molar-refractivity contribution in [1.29, 1.82) is 0 Å². The van der Waals surface area contributed by atoms with E-state index in [4.69, 9.17) is 0 Å². The summed E-state index contributed by atoms with van der Waals surface area (Å²) in [6, 6.07) is 29.6. The van der Waals surface area contributed by atoms with E-state index in [0.29, 0.717) is 0 Å². The van der Waals surface area contributed by atoms with E-state index in [9.17, 15) is 5.11 Å². The molecule has 2 unspecified atom stereocenters. The van der Waals surface area contributed by atoms with E-state index in [1.165, 1.54) is 10.8 Å². The fraction of sp³-hybridized carbons (Fsp3) is 0.111. The maximum Gasteiger partial charge on any atom is 0.137 e. The molecule has 0 saturated carbocycles. The molecule has 2 heterocycles. The third-order valence-electron chi connectivity index (χ3n) is 6.30. The Morgan fingerprint density at radius 2 is 1.00 bits per heavy atom. The van der Waals surface area contributed by atoms with E-state index in [1.54, 1.807) is 0 Å². The molecular weight excluding hydrogens is 528 g/mol. The van der Waals surface area contributed by atoms with E-state index in [-0.39, 0.29) is 6.17 Å². The summed E-state index contributed by atoms with van der Waals surface area (Å²) < 4.78 is 6.65. The molecule has 0 aliphatic carbocycles. The fourth-order valence-corrected chi connectivity index (χ4v) is 5.79. The van der Waals surface area contributed by atoms with Crippen LogP contribution in [0.3, 0.4) is 0 Å². The number of aromatic nitrogens is 2. The highest BCUT2D eigenvalue weighted by Crippen LogP contribution is 2.39. The Labute approximate surface area is 202 Å². The lowest BCUT2D eigenvalue weighted by Gasteiger charge is -2.27. The van der Waals surface area contributed by atoms with Crippen molar-refractivity contribution in [2.24, 2.45) is 0 Å². The number of aliphatic hydroxyl groups excluding tert-OH is 1. The second-order valence-corrected chi connectivity index (χ2v) is 10.1. The predicted molar refractivity (Wildman–Crippen MR) is 140 cm³/mol. The Kier molecular flexibility index (Phi) is 4.68. The van der Waals surface area contributed by atoms with Crippen LogP contribution in [0.25, 0.3) is 43.6 Å². The summed E-state index contributed by atoms with van der Waals surface area (Å²) in [5, 5.41) is 15.9. The zero-order chi connectivity index (χ0) is 22.0. The molecule has 2 aromatic heterocycles. The lowest BCUT2D eigenvalue weighted by Crippen LogP contribution is -2.28. The van der Waals surface area contributed by atoms with Crippen molar-refractivity contribution < 1.29 is 5.11 Å². The first kappa shape index (κ1) is 20.0. The van der Waals surface area contributed by atoms with Gasteiger partial charge in [0.15, 0.2) is 0 Å². The van der Waals surface area contributed by atoms with E-state index < -0.39 is 6.10 Å². The minimum Gasteiger partial charge on any atom is -0.389 e. The summed E-state index contributed by atoms with van der Waals surface area (Å²) >= 11 is 7.28. The average Bonchev–Trinajstić information content (AvgIpc) is 3.28. The van der Waals surface area contributed by atoms with Crippen LogP contribution in [-0.2, 0) is 0 Å². The number of hydrogen-bond donors (Lipinski definition) is 1. The third-order valence-corrected chi connectivity index (χ3v) is 7.29. The number of para-hydroxylation sites is 2. The molecule has 0 aliphatic rings. The van der Waals surface area contributed by atoms with Crippen LogP contribution in [0.2, 0.25) is 0 Å². The maximum absolute atomic E-state index is 11.2. The molecule has 6 rings (SSSR count). The quantitative estimate of drug-likeness (QED) is 0.240. The van der Waals surface area contributed by atoms with Gasteiger partial charge in [-0.2, -0.15) is 0 Å². The number of aliphatic hydroxyl groups is 1. The topological polar surface area (TPSA) is 30.1 Å². The summed E-state index contributed by atoms with van der Waals surface area (Å²) in [6.45, 7) is 1.88. The SMILES string of the molecule is CC(O)C(n1c2ccccc2c2ccccc21)n1c2ccc(Br)cc2c2cc(Br)ccc21. The molecule has 0 spiro atoms. The first-order chi connectivity index (χ1) is 15.5. The molecule has 158 valence electrons. The van der Waals surface area contributed by atoms with E-state index in [1.807, 2.05) is 6.92 Å². The first-order valence-corrected chi connectivity index (χ1v) is 12.2. The van der Waals surface area contributed by atoms with E-state index in [0.717, 1.165) is 41.8 Å². The van der Waals surface area contributed by atoms with Crippen molar-refractivity contribution >= 4 is 75.5 Å². The second kappa shape index (κ2) is 7.48. The largest absolute Gasteiger partial charge is 0.389 e. The van der Waals surface area contributed by atoms with Crippen molar-refractivity contribution in [2.45, 2.75) is 19.2 Å². The summed E-state index contributed by atoms with van der Waals surface area (Å²) in [6.07, 6.45) is -0.942. The van der Waals surface area contributed by atoms with Gasteiger partial charge in [-0.25, -0.2) is 0 Å². The highest BCUT2D eigenvalue weighted by Gasteiger charge is 2.27. The normalized spacial score (nSPS) is 14.0. The van der Waals surface area contributed by atoms with Gasteiger partial charge in [0, 0.05) is 30.5 Å². The van der Waals surface area contributed by atoms with E-state index >= 15 is 0 Å². The summed E-state index contributed by atoms with van der Waals surface area (Å²) in [7, 11) is 0. The Bertz CT molecular complexity index is 1530. The summed E-state index contributed by atoms with van der Waals surface area (Å²) in [5.74, 6) is 0. The van der Waals surface area contributed by atoms with Crippen LogP contribution in [0.1, 0.15) is 13.1 Å².